The molecule has 0 saturated carbocycles. The van der Waals surface area contributed by atoms with Gasteiger partial charge in [-0.05, 0) is 36.8 Å². The normalized spacial score (nSPS) is 19.9. The Hall–Kier alpha value is -2.83. The molecule has 0 bridgehead atoms. The number of carbonyl (C=O) groups excluding carboxylic acids is 2. The fourth-order valence-corrected chi connectivity index (χ4v) is 3.88. The van der Waals surface area contributed by atoms with Gasteiger partial charge >= 0.3 is 6.03 Å². The molecule has 7 heteroatoms. The smallest absolute Gasteiger partial charge is 0.326 e. The van der Waals surface area contributed by atoms with Gasteiger partial charge in [-0.15, -0.1) is 0 Å². The van der Waals surface area contributed by atoms with E-state index < -0.39 is 6.04 Å². The highest BCUT2D eigenvalue weighted by Gasteiger charge is 2.38. The first-order chi connectivity index (χ1) is 14.1. The van der Waals surface area contributed by atoms with Crippen LogP contribution in [0.4, 0.5) is 10.5 Å². The molecule has 1 atom stereocenters. The number of anilines is 1. The van der Waals surface area contributed by atoms with E-state index in [0.717, 1.165) is 5.56 Å². The number of allylic oxidation sites excluding steroid dienone is 1. The predicted molar refractivity (Wildman–Crippen MR) is 112 cm³/mol. The number of nitrogens with one attached hydrogen (secondary N) is 1. The fraction of sp³-hybridized carbons (Fsp3) is 0.273. The molecular weight excluding hydrogens is 390 g/mol. The molecule has 6 nitrogen and oxygen atoms in total. The van der Waals surface area contributed by atoms with E-state index in [-0.39, 0.29) is 11.9 Å². The second-order valence-corrected chi connectivity index (χ2v) is 7.45. The number of para-hydroxylation sites is 1. The molecule has 1 N–H and O–H groups in total. The van der Waals surface area contributed by atoms with Crippen LogP contribution in [0.15, 0.2) is 65.9 Å². The number of carbonyl (C=O) groups is 2. The Balaban J connectivity index is 1.80. The van der Waals surface area contributed by atoms with Crippen LogP contribution < -0.4 is 10.2 Å². The van der Waals surface area contributed by atoms with Crippen LogP contribution >= 0.6 is 11.6 Å². The minimum absolute atomic E-state index is 0.0910. The van der Waals surface area contributed by atoms with Crippen LogP contribution in [-0.4, -0.2) is 43.1 Å². The molecule has 2 aromatic carbocycles. The lowest BCUT2D eigenvalue weighted by molar-refractivity contribution is -0.131. The SMILES string of the molecule is CC1=C(C(=O)N2CCOCC2)[C@@H](c2ccc(Cl)cc2)NC(=O)N1c1ccccc1. The lowest BCUT2D eigenvalue weighted by Crippen LogP contribution is -2.51. The molecule has 1 fully saturated rings. The highest BCUT2D eigenvalue weighted by Crippen LogP contribution is 2.34. The summed E-state index contributed by atoms with van der Waals surface area (Å²) in [6.45, 7) is 3.91. The van der Waals surface area contributed by atoms with Crippen molar-refractivity contribution in [3.63, 3.8) is 0 Å². The van der Waals surface area contributed by atoms with Gasteiger partial charge in [0.15, 0.2) is 0 Å². The molecule has 3 amide bonds. The minimum atomic E-state index is -0.546. The molecule has 0 aliphatic carbocycles. The van der Waals surface area contributed by atoms with Crippen LogP contribution in [0.25, 0.3) is 0 Å². The van der Waals surface area contributed by atoms with Crippen LogP contribution in [0.2, 0.25) is 5.02 Å². The van der Waals surface area contributed by atoms with Crippen LogP contribution in [0.3, 0.4) is 0 Å². The van der Waals surface area contributed by atoms with E-state index in [1.54, 1.807) is 21.9 Å². The van der Waals surface area contributed by atoms with Crippen molar-refractivity contribution in [2.75, 3.05) is 31.2 Å². The van der Waals surface area contributed by atoms with Crippen molar-refractivity contribution in [3.05, 3.63) is 76.5 Å². The molecule has 150 valence electrons. The average molecular weight is 412 g/mol. The summed E-state index contributed by atoms with van der Waals surface area (Å²) >= 11 is 6.04. The molecule has 1 saturated heterocycles. The zero-order chi connectivity index (χ0) is 20.4. The lowest BCUT2D eigenvalue weighted by Gasteiger charge is -2.38. The topological polar surface area (TPSA) is 61.9 Å². The van der Waals surface area contributed by atoms with E-state index in [9.17, 15) is 9.59 Å². The Kier molecular flexibility index (Phi) is 5.56. The van der Waals surface area contributed by atoms with E-state index in [4.69, 9.17) is 16.3 Å². The summed E-state index contributed by atoms with van der Waals surface area (Å²) < 4.78 is 5.39. The summed E-state index contributed by atoms with van der Waals surface area (Å²) in [6, 6.07) is 15.7. The van der Waals surface area contributed by atoms with Gasteiger partial charge in [-0.25, -0.2) is 4.79 Å². The number of hydrogen-bond acceptors (Lipinski definition) is 3. The predicted octanol–water partition coefficient (Wildman–Crippen LogP) is 3.74. The first-order valence-corrected chi connectivity index (χ1v) is 9.93. The number of halogens is 1. The summed E-state index contributed by atoms with van der Waals surface area (Å²) in [4.78, 5) is 29.9. The van der Waals surface area contributed by atoms with E-state index in [1.807, 2.05) is 49.4 Å². The zero-order valence-electron chi connectivity index (χ0n) is 16.1. The van der Waals surface area contributed by atoms with Crippen molar-refractivity contribution < 1.29 is 14.3 Å². The summed E-state index contributed by atoms with van der Waals surface area (Å²) in [7, 11) is 0. The van der Waals surface area contributed by atoms with Gasteiger partial charge in [0.05, 0.1) is 30.5 Å². The second-order valence-electron chi connectivity index (χ2n) is 7.01. The summed E-state index contributed by atoms with van der Waals surface area (Å²) in [5.74, 6) is -0.0910. The minimum Gasteiger partial charge on any atom is -0.378 e. The average Bonchev–Trinajstić information content (AvgIpc) is 2.75. The number of nitrogens with zero attached hydrogens (tertiary/aromatic N) is 2. The summed E-state index contributed by atoms with van der Waals surface area (Å²) in [6.07, 6.45) is 0. The van der Waals surface area contributed by atoms with Crippen LogP contribution in [0.5, 0.6) is 0 Å². The summed E-state index contributed by atoms with van der Waals surface area (Å²) in [5.41, 5.74) is 2.70. The highest BCUT2D eigenvalue weighted by atomic mass is 35.5. The van der Waals surface area contributed by atoms with Crippen molar-refractivity contribution in [2.45, 2.75) is 13.0 Å². The molecule has 2 aliphatic heterocycles. The number of hydrogen-bond donors (Lipinski definition) is 1. The zero-order valence-corrected chi connectivity index (χ0v) is 16.9. The van der Waals surface area contributed by atoms with Crippen LogP contribution in [-0.2, 0) is 9.53 Å². The van der Waals surface area contributed by atoms with Gasteiger partial charge in [0.25, 0.3) is 5.91 Å². The van der Waals surface area contributed by atoms with Gasteiger partial charge in [-0.3, -0.25) is 9.69 Å². The molecule has 2 aromatic rings. The maximum Gasteiger partial charge on any atom is 0.326 e. The number of ether oxygens (including phenoxy) is 1. The quantitative estimate of drug-likeness (QED) is 0.836. The number of urea groups is 1. The summed E-state index contributed by atoms with van der Waals surface area (Å²) in [5, 5.41) is 3.61. The Bertz CT molecular complexity index is 938. The molecule has 29 heavy (non-hydrogen) atoms. The first kappa shape index (κ1) is 19.5. The maximum atomic E-state index is 13.5. The Morgan fingerprint density at radius 2 is 1.72 bits per heavy atom. The van der Waals surface area contributed by atoms with Gasteiger partial charge in [-0.1, -0.05) is 41.9 Å². The first-order valence-electron chi connectivity index (χ1n) is 9.55. The maximum absolute atomic E-state index is 13.5. The Morgan fingerprint density at radius 3 is 2.38 bits per heavy atom. The number of amides is 3. The van der Waals surface area contributed by atoms with E-state index in [2.05, 4.69) is 5.32 Å². The van der Waals surface area contributed by atoms with Crippen molar-refractivity contribution in [2.24, 2.45) is 0 Å². The van der Waals surface area contributed by atoms with Crippen LogP contribution in [0.1, 0.15) is 18.5 Å². The van der Waals surface area contributed by atoms with E-state index in [0.29, 0.717) is 48.3 Å². The van der Waals surface area contributed by atoms with E-state index in [1.165, 1.54) is 0 Å². The third-order valence-corrected chi connectivity index (χ3v) is 5.48. The standard InChI is InChI=1S/C22H22ClN3O3/c1-15-19(21(27)25-11-13-29-14-12-25)20(16-7-9-17(23)10-8-16)24-22(28)26(15)18-5-3-2-4-6-18/h2-10,20H,11-14H2,1H3,(H,24,28)/t20-/m1/s1. The number of morpholine rings is 1. The van der Waals surface area contributed by atoms with Crippen LogP contribution in [0, 0.1) is 0 Å². The fourth-order valence-electron chi connectivity index (χ4n) is 3.75. The second kappa shape index (κ2) is 8.27. The third-order valence-electron chi connectivity index (χ3n) is 5.23. The van der Waals surface area contributed by atoms with Crippen molar-refractivity contribution in [1.82, 2.24) is 10.2 Å². The van der Waals surface area contributed by atoms with Gasteiger partial charge in [0.1, 0.15) is 0 Å². The molecule has 0 radical (unpaired) electrons. The molecule has 2 aliphatic rings. The number of rotatable bonds is 3. The van der Waals surface area contributed by atoms with Crippen molar-refractivity contribution in [3.8, 4) is 0 Å². The number of benzene rings is 2. The van der Waals surface area contributed by atoms with Gasteiger partial charge in [0, 0.05) is 23.8 Å². The van der Waals surface area contributed by atoms with Crippen molar-refractivity contribution in [1.29, 1.82) is 0 Å². The third kappa shape index (κ3) is 3.86. The highest BCUT2D eigenvalue weighted by molar-refractivity contribution is 6.30. The molecule has 0 aromatic heterocycles. The Morgan fingerprint density at radius 1 is 1.07 bits per heavy atom. The molecular formula is C22H22ClN3O3. The molecule has 2 heterocycles. The van der Waals surface area contributed by atoms with E-state index >= 15 is 0 Å². The van der Waals surface area contributed by atoms with Gasteiger partial charge < -0.3 is 15.0 Å². The monoisotopic (exact) mass is 411 g/mol. The molecule has 4 rings (SSSR count). The van der Waals surface area contributed by atoms with Gasteiger partial charge in [0.2, 0.25) is 0 Å². The Labute approximate surface area is 174 Å². The largest absolute Gasteiger partial charge is 0.378 e. The lowest BCUT2D eigenvalue weighted by atomic mass is 9.93. The van der Waals surface area contributed by atoms with Gasteiger partial charge in [-0.2, -0.15) is 0 Å². The van der Waals surface area contributed by atoms with Crippen molar-refractivity contribution >= 4 is 29.2 Å². The molecule has 0 unspecified atom stereocenters. The molecule has 0 spiro atoms.